The Morgan fingerprint density at radius 2 is 1.78 bits per heavy atom. The molecule has 4 rings (SSSR count). The first-order chi connectivity index (χ1) is 14.9. The summed E-state index contributed by atoms with van der Waals surface area (Å²) in [6.45, 7) is 13.9. The van der Waals surface area contributed by atoms with Gasteiger partial charge in [-0.25, -0.2) is 0 Å². The number of aliphatic hydroxyl groups is 3. The van der Waals surface area contributed by atoms with Crippen LogP contribution in [0.2, 0.25) is 0 Å². The van der Waals surface area contributed by atoms with Crippen LogP contribution in [0.1, 0.15) is 106 Å². The van der Waals surface area contributed by atoms with Crippen molar-refractivity contribution >= 4 is 0 Å². The third kappa shape index (κ3) is 3.93. The zero-order valence-corrected chi connectivity index (χ0v) is 21.6. The van der Waals surface area contributed by atoms with Gasteiger partial charge in [-0.1, -0.05) is 52.7 Å². The molecule has 3 nitrogen and oxygen atoms in total. The second-order valence-electron chi connectivity index (χ2n) is 13.3. The van der Waals surface area contributed by atoms with Gasteiger partial charge in [-0.05, 0) is 111 Å². The van der Waals surface area contributed by atoms with Crippen LogP contribution in [0.25, 0.3) is 0 Å². The van der Waals surface area contributed by atoms with Crippen molar-refractivity contribution in [1.82, 2.24) is 0 Å². The average molecular weight is 447 g/mol. The van der Waals surface area contributed by atoms with E-state index in [1.54, 1.807) is 0 Å². The second kappa shape index (κ2) is 8.68. The minimum atomic E-state index is -0.627. The van der Waals surface area contributed by atoms with Crippen molar-refractivity contribution in [1.29, 1.82) is 0 Å². The lowest BCUT2D eigenvalue weighted by Gasteiger charge is -2.60. The summed E-state index contributed by atoms with van der Waals surface area (Å²) in [5.74, 6) is 2.99. The van der Waals surface area contributed by atoms with Crippen LogP contribution in [-0.4, -0.2) is 33.1 Å². The van der Waals surface area contributed by atoms with Crippen molar-refractivity contribution in [3.63, 3.8) is 0 Å². The van der Waals surface area contributed by atoms with Gasteiger partial charge in [0.1, 0.15) is 0 Å². The molecule has 184 valence electrons. The molecule has 3 saturated carbocycles. The molecule has 0 bridgehead atoms. The quantitative estimate of drug-likeness (QED) is 0.431. The van der Waals surface area contributed by atoms with E-state index in [-0.39, 0.29) is 16.9 Å². The predicted molar refractivity (Wildman–Crippen MR) is 131 cm³/mol. The van der Waals surface area contributed by atoms with Crippen molar-refractivity contribution in [3.8, 4) is 0 Å². The fourth-order valence-electron chi connectivity index (χ4n) is 9.31. The molecule has 32 heavy (non-hydrogen) atoms. The van der Waals surface area contributed by atoms with Crippen LogP contribution >= 0.6 is 0 Å². The molecule has 0 radical (unpaired) electrons. The Morgan fingerprint density at radius 1 is 1.06 bits per heavy atom. The molecule has 4 aliphatic carbocycles. The van der Waals surface area contributed by atoms with Gasteiger partial charge in [0, 0.05) is 0 Å². The summed E-state index contributed by atoms with van der Waals surface area (Å²) in [5.41, 5.74) is 0.935. The fraction of sp³-hybridized carbons (Fsp3) is 0.931. The molecule has 0 spiro atoms. The molecule has 10 atom stereocenters. The number of rotatable bonds is 6. The van der Waals surface area contributed by atoms with E-state index in [1.165, 1.54) is 18.4 Å². The summed E-state index contributed by atoms with van der Waals surface area (Å²) in [6.07, 6.45) is 11.9. The molecule has 0 aromatic carbocycles. The van der Waals surface area contributed by atoms with E-state index in [2.05, 4.69) is 47.6 Å². The van der Waals surface area contributed by atoms with Gasteiger partial charge in [-0.15, -0.1) is 0 Å². The van der Waals surface area contributed by atoms with Crippen molar-refractivity contribution in [2.45, 2.75) is 124 Å². The first-order valence-electron chi connectivity index (χ1n) is 13.7. The van der Waals surface area contributed by atoms with Crippen LogP contribution in [-0.2, 0) is 0 Å². The van der Waals surface area contributed by atoms with Crippen molar-refractivity contribution < 1.29 is 15.3 Å². The fourth-order valence-corrected chi connectivity index (χ4v) is 9.31. The Hall–Kier alpha value is -0.380. The van der Waals surface area contributed by atoms with Gasteiger partial charge in [0.15, 0.2) is 0 Å². The molecule has 0 unspecified atom stereocenters. The molecule has 0 aromatic heterocycles. The molecule has 4 aliphatic rings. The summed E-state index contributed by atoms with van der Waals surface area (Å²) >= 11 is 0. The monoisotopic (exact) mass is 446 g/mol. The third-order valence-electron chi connectivity index (χ3n) is 11.3. The maximum absolute atomic E-state index is 11.8. The van der Waals surface area contributed by atoms with Gasteiger partial charge in [-0.2, -0.15) is 0 Å². The lowest BCUT2D eigenvalue weighted by atomic mass is 9.46. The highest BCUT2D eigenvalue weighted by atomic mass is 16.3. The first-order valence-corrected chi connectivity index (χ1v) is 13.7. The zero-order chi connectivity index (χ0) is 23.5. The van der Waals surface area contributed by atoms with Gasteiger partial charge in [0.2, 0.25) is 0 Å². The van der Waals surface area contributed by atoms with Crippen molar-refractivity contribution in [2.24, 2.45) is 46.3 Å². The first kappa shape index (κ1) is 24.7. The van der Waals surface area contributed by atoms with Crippen molar-refractivity contribution in [2.75, 3.05) is 0 Å². The third-order valence-corrected chi connectivity index (χ3v) is 11.3. The predicted octanol–water partition coefficient (Wildman–Crippen LogP) is 6.11. The molecule has 3 N–H and O–H groups in total. The standard InChI is InChI=1S/C29H50O3/c1-7-19(18(2)3)10-15-29(6,32)25-9-8-22-26-23(12-14-28(22,25)5)27(4)13-11-21(30)16-20(27)17-24(26)31/h17-19,21-26,30-32H,7-16H2,1-6H3/t19-,21+,22+,23+,24-,25+,26+,27+,28+,29+/m1/s1. The smallest absolute Gasteiger partial charge is 0.0757 e. The molecule has 3 heteroatoms. The zero-order valence-electron chi connectivity index (χ0n) is 21.6. The van der Waals surface area contributed by atoms with E-state index in [0.717, 1.165) is 51.4 Å². The van der Waals surface area contributed by atoms with Gasteiger partial charge in [0.25, 0.3) is 0 Å². The van der Waals surface area contributed by atoms with Crippen LogP contribution in [0, 0.1) is 46.3 Å². The average Bonchev–Trinajstić information content (AvgIpc) is 3.07. The molecular formula is C29H50O3. The van der Waals surface area contributed by atoms with E-state index < -0.39 is 11.7 Å². The van der Waals surface area contributed by atoms with Crippen LogP contribution in [0.4, 0.5) is 0 Å². The lowest BCUT2D eigenvalue weighted by Crippen LogP contribution is -2.56. The summed E-state index contributed by atoms with van der Waals surface area (Å²) in [4.78, 5) is 0. The van der Waals surface area contributed by atoms with Crippen LogP contribution in [0.3, 0.4) is 0 Å². The highest BCUT2D eigenvalue weighted by molar-refractivity contribution is 5.28. The molecule has 0 aromatic rings. The van der Waals surface area contributed by atoms with Gasteiger partial charge < -0.3 is 15.3 Å². The van der Waals surface area contributed by atoms with E-state index in [9.17, 15) is 15.3 Å². The maximum atomic E-state index is 11.8. The van der Waals surface area contributed by atoms with Crippen LogP contribution in [0.15, 0.2) is 11.6 Å². The normalized spacial score (nSPS) is 46.6. The van der Waals surface area contributed by atoms with Gasteiger partial charge >= 0.3 is 0 Å². The minimum absolute atomic E-state index is 0.112. The SMILES string of the molecule is CC[C@H](CC[C@](C)(O)[C@H]1CC[C@H]2[C@@H]3[C@H](O)C=C4C[C@@H](O)CC[C@]4(C)[C@H]3CC[C@@]21C)C(C)C. The topological polar surface area (TPSA) is 60.7 Å². The molecule has 0 aliphatic heterocycles. The second-order valence-corrected chi connectivity index (χ2v) is 13.3. The number of hydrogen-bond donors (Lipinski definition) is 3. The highest BCUT2D eigenvalue weighted by Crippen LogP contribution is 2.67. The Balaban J connectivity index is 1.56. The van der Waals surface area contributed by atoms with E-state index in [1.807, 2.05) is 0 Å². The molecule has 3 fully saturated rings. The maximum Gasteiger partial charge on any atom is 0.0757 e. The molecule has 0 amide bonds. The van der Waals surface area contributed by atoms with Crippen LogP contribution < -0.4 is 0 Å². The van der Waals surface area contributed by atoms with Crippen LogP contribution in [0.5, 0.6) is 0 Å². The van der Waals surface area contributed by atoms with E-state index in [0.29, 0.717) is 35.5 Å². The Kier molecular flexibility index (Phi) is 6.71. The molecule has 0 heterocycles. The minimum Gasteiger partial charge on any atom is -0.393 e. The summed E-state index contributed by atoms with van der Waals surface area (Å²) in [5, 5.41) is 33.4. The summed E-state index contributed by atoms with van der Waals surface area (Å²) in [6, 6.07) is 0. The Bertz CT molecular complexity index is 711. The largest absolute Gasteiger partial charge is 0.393 e. The molecular weight excluding hydrogens is 396 g/mol. The van der Waals surface area contributed by atoms with E-state index >= 15 is 0 Å². The van der Waals surface area contributed by atoms with Crippen molar-refractivity contribution in [3.05, 3.63) is 11.6 Å². The Labute approximate surface area is 197 Å². The summed E-state index contributed by atoms with van der Waals surface area (Å²) < 4.78 is 0. The number of aliphatic hydroxyl groups excluding tert-OH is 2. The molecule has 0 saturated heterocycles. The highest BCUT2D eigenvalue weighted by Gasteiger charge is 2.62. The number of hydrogen-bond acceptors (Lipinski definition) is 3. The van der Waals surface area contributed by atoms with E-state index in [4.69, 9.17) is 0 Å². The van der Waals surface area contributed by atoms with Gasteiger partial charge in [-0.3, -0.25) is 0 Å². The summed E-state index contributed by atoms with van der Waals surface area (Å²) in [7, 11) is 0. The Morgan fingerprint density at radius 3 is 2.44 bits per heavy atom. The number of fused-ring (bicyclic) bond motifs is 5. The lowest BCUT2D eigenvalue weighted by molar-refractivity contribution is -0.126. The van der Waals surface area contributed by atoms with Gasteiger partial charge in [0.05, 0.1) is 17.8 Å².